The second-order valence-electron chi connectivity index (χ2n) is 5.06. The first-order valence-corrected chi connectivity index (χ1v) is 6.30. The molecule has 0 aliphatic carbocycles. The summed E-state index contributed by atoms with van der Waals surface area (Å²) < 4.78 is 0. The van der Waals surface area contributed by atoms with Gasteiger partial charge in [0.2, 0.25) is 5.91 Å². The van der Waals surface area contributed by atoms with Gasteiger partial charge in [0.05, 0.1) is 6.04 Å². The lowest BCUT2D eigenvalue weighted by atomic mass is 10.0. The highest BCUT2D eigenvalue weighted by atomic mass is 16.2. The number of hydrogen-bond acceptors (Lipinski definition) is 3. The number of nitrogens with one attached hydrogen (secondary N) is 1. The third-order valence-electron chi connectivity index (χ3n) is 3.40. The van der Waals surface area contributed by atoms with Gasteiger partial charge in [0.25, 0.3) is 0 Å². The minimum Gasteiger partial charge on any atom is -0.354 e. The summed E-state index contributed by atoms with van der Waals surface area (Å²) in [5, 5.41) is 2.96. The van der Waals surface area contributed by atoms with E-state index in [1.165, 1.54) is 6.42 Å². The van der Waals surface area contributed by atoms with Crippen LogP contribution in [0, 0.1) is 11.8 Å². The van der Waals surface area contributed by atoms with Crippen LogP contribution in [0.2, 0.25) is 0 Å². The molecule has 16 heavy (non-hydrogen) atoms. The fourth-order valence-corrected chi connectivity index (χ4v) is 2.03. The van der Waals surface area contributed by atoms with Crippen LogP contribution in [0.3, 0.4) is 0 Å². The van der Waals surface area contributed by atoms with Gasteiger partial charge in [0, 0.05) is 13.1 Å². The molecule has 94 valence electrons. The average molecular weight is 227 g/mol. The predicted molar refractivity (Wildman–Crippen MR) is 66.0 cm³/mol. The monoisotopic (exact) mass is 227 g/mol. The molecule has 0 saturated carbocycles. The Labute approximate surface area is 98.6 Å². The highest BCUT2D eigenvalue weighted by Crippen LogP contribution is 2.14. The van der Waals surface area contributed by atoms with Gasteiger partial charge in [-0.25, -0.2) is 0 Å². The highest BCUT2D eigenvalue weighted by molar-refractivity contribution is 5.81. The minimum atomic E-state index is -0.372. The minimum absolute atomic E-state index is 0.00931. The van der Waals surface area contributed by atoms with Gasteiger partial charge in [-0.05, 0) is 31.3 Å². The summed E-state index contributed by atoms with van der Waals surface area (Å²) in [4.78, 5) is 14.1. The van der Waals surface area contributed by atoms with Gasteiger partial charge in [-0.3, -0.25) is 4.79 Å². The summed E-state index contributed by atoms with van der Waals surface area (Å²) in [6, 6.07) is -0.372. The van der Waals surface area contributed by atoms with Gasteiger partial charge < -0.3 is 16.0 Å². The van der Waals surface area contributed by atoms with Crippen molar-refractivity contribution in [1.82, 2.24) is 10.2 Å². The molecule has 1 aliphatic rings. The van der Waals surface area contributed by atoms with Gasteiger partial charge in [-0.15, -0.1) is 0 Å². The molecule has 4 nitrogen and oxygen atoms in total. The average Bonchev–Trinajstić information content (AvgIpc) is 2.72. The van der Waals surface area contributed by atoms with Crippen LogP contribution in [0.25, 0.3) is 0 Å². The van der Waals surface area contributed by atoms with E-state index in [-0.39, 0.29) is 17.9 Å². The van der Waals surface area contributed by atoms with Crippen molar-refractivity contribution >= 4 is 5.91 Å². The Bertz CT molecular complexity index is 230. The number of likely N-dealkylation sites (tertiary alicyclic amines) is 1. The Morgan fingerprint density at radius 1 is 1.56 bits per heavy atom. The number of rotatable bonds is 5. The zero-order chi connectivity index (χ0) is 12.1. The van der Waals surface area contributed by atoms with Crippen molar-refractivity contribution in [1.29, 1.82) is 0 Å². The first-order valence-electron chi connectivity index (χ1n) is 6.30. The van der Waals surface area contributed by atoms with E-state index in [2.05, 4.69) is 17.1 Å². The molecule has 0 aromatic rings. The molecule has 1 fully saturated rings. The van der Waals surface area contributed by atoms with E-state index >= 15 is 0 Å². The third-order valence-corrected chi connectivity index (χ3v) is 3.40. The summed E-state index contributed by atoms with van der Waals surface area (Å²) in [6.45, 7) is 10.3. The first-order chi connectivity index (χ1) is 7.54. The molecule has 0 bridgehead atoms. The van der Waals surface area contributed by atoms with Gasteiger partial charge in [0.15, 0.2) is 0 Å². The normalized spacial score (nSPS) is 23.7. The lowest BCUT2D eigenvalue weighted by molar-refractivity contribution is -0.123. The van der Waals surface area contributed by atoms with E-state index in [0.29, 0.717) is 5.92 Å². The molecule has 0 aromatic heterocycles. The van der Waals surface area contributed by atoms with Crippen molar-refractivity contribution in [2.75, 3.05) is 26.2 Å². The molecule has 3 N–H and O–H groups in total. The molecule has 0 spiro atoms. The Morgan fingerprint density at radius 3 is 2.75 bits per heavy atom. The molecule has 1 heterocycles. The van der Waals surface area contributed by atoms with Gasteiger partial charge in [-0.2, -0.15) is 0 Å². The summed E-state index contributed by atoms with van der Waals surface area (Å²) in [7, 11) is 0. The lowest BCUT2D eigenvalue weighted by Gasteiger charge is -2.18. The van der Waals surface area contributed by atoms with Crippen LogP contribution in [0.1, 0.15) is 27.2 Å². The quantitative estimate of drug-likeness (QED) is 0.716. The number of carbonyl (C=O) groups is 1. The van der Waals surface area contributed by atoms with Crippen LogP contribution in [0.4, 0.5) is 0 Å². The standard InChI is InChI=1S/C12H25N3O/c1-4-15-6-5-10(8-15)7-14-12(16)11(13)9(2)3/h9-11H,4-8,13H2,1-3H3,(H,14,16)/t10?,11-/m0/s1. The second-order valence-corrected chi connectivity index (χ2v) is 5.06. The van der Waals surface area contributed by atoms with Crippen molar-refractivity contribution in [3.63, 3.8) is 0 Å². The largest absolute Gasteiger partial charge is 0.354 e. The number of hydrogen-bond donors (Lipinski definition) is 2. The molecule has 0 aromatic carbocycles. The van der Waals surface area contributed by atoms with E-state index in [1.54, 1.807) is 0 Å². The van der Waals surface area contributed by atoms with Crippen molar-refractivity contribution < 1.29 is 4.79 Å². The maximum Gasteiger partial charge on any atom is 0.237 e. The lowest BCUT2D eigenvalue weighted by Crippen LogP contribution is -2.45. The maximum atomic E-state index is 11.6. The van der Waals surface area contributed by atoms with Gasteiger partial charge >= 0.3 is 0 Å². The number of carbonyl (C=O) groups excluding carboxylic acids is 1. The third kappa shape index (κ3) is 3.76. The fraction of sp³-hybridized carbons (Fsp3) is 0.917. The van der Waals surface area contributed by atoms with E-state index in [9.17, 15) is 4.79 Å². The summed E-state index contributed by atoms with van der Waals surface area (Å²) >= 11 is 0. The maximum absolute atomic E-state index is 11.6. The molecule has 1 aliphatic heterocycles. The Morgan fingerprint density at radius 2 is 2.25 bits per heavy atom. The molecular weight excluding hydrogens is 202 g/mol. The number of nitrogens with zero attached hydrogens (tertiary/aromatic N) is 1. The molecular formula is C12H25N3O. The first kappa shape index (κ1) is 13.5. The van der Waals surface area contributed by atoms with E-state index < -0.39 is 0 Å². The molecule has 4 heteroatoms. The molecule has 1 saturated heterocycles. The van der Waals surface area contributed by atoms with Gasteiger partial charge in [0.1, 0.15) is 0 Å². The van der Waals surface area contributed by atoms with Crippen LogP contribution >= 0.6 is 0 Å². The van der Waals surface area contributed by atoms with Gasteiger partial charge in [-0.1, -0.05) is 20.8 Å². The Balaban J connectivity index is 2.22. The zero-order valence-corrected chi connectivity index (χ0v) is 10.7. The fourth-order valence-electron chi connectivity index (χ4n) is 2.03. The van der Waals surface area contributed by atoms with Crippen LogP contribution in [-0.4, -0.2) is 43.0 Å². The molecule has 1 amide bonds. The Kier molecular flexibility index (Phi) is 5.22. The van der Waals surface area contributed by atoms with E-state index in [4.69, 9.17) is 5.73 Å². The van der Waals surface area contributed by atoms with Crippen LogP contribution in [0.5, 0.6) is 0 Å². The predicted octanol–water partition coefficient (Wildman–Crippen LogP) is 0.428. The summed E-state index contributed by atoms with van der Waals surface area (Å²) in [5.74, 6) is 0.795. The number of amides is 1. The number of nitrogens with two attached hydrogens (primary N) is 1. The summed E-state index contributed by atoms with van der Waals surface area (Å²) in [5.41, 5.74) is 5.78. The summed E-state index contributed by atoms with van der Waals surface area (Å²) in [6.07, 6.45) is 1.19. The van der Waals surface area contributed by atoms with Crippen LogP contribution < -0.4 is 11.1 Å². The highest BCUT2D eigenvalue weighted by Gasteiger charge is 2.23. The SMILES string of the molecule is CCN1CCC(CNC(=O)[C@@H](N)C(C)C)C1. The van der Waals surface area contributed by atoms with E-state index in [0.717, 1.165) is 26.2 Å². The van der Waals surface area contributed by atoms with Crippen LogP contribution in [-0.2, 0) is 4.79 Å². The van der Waals surface area contributed by atoms with Crippen molar-refractivity contribution in [2.45, 2.75) is 33.2 Å². The smallest absolute Gasteiger partial charge is 0.237 e. The van der Waals surface area contributed by atoms with Crippen LogP contribution in [0.15, 0.2) is 0 Å². The van der Waals surface area contributed by atoms with Crippen molar-refractivity contribution in [3.8, 4) is 0 Å². The topological polar surface area (TPSA) is 58.4 Å². The van der Waals surface area contributed by atoms with Crippen molar-refractivity contribution in [2.24, 2.45) is 17.6 Å². The Hall–Kier alpha value is -0.610. The van der Waals surface area contributed by atoms with Crippen molar-refractivity contribution in [3.05, 3.63) is 0 Å². The molecule has 2 atom stereocenters. The zero-order valence-electron chi connectivity index (χ0n) is 10.7. The molecule has 1 unspecified atom stereocenters. The van der Waals surface area contributed by atoms with E-state index in [1.807, 2.05) is 13.8 Å². The molecule has 1 rings (SSSR count). The molecule has 0 radical (unpaired) electrons. The second kappa shape index (κ2) is 6.21.